The molecule has 1 N–H and O–H groups in total. The van der Waals surface area contributed by atoms with Crippen molar-refractivity contribution >= 4 is 5.97 Å². The quantitative estimate of drug-likeness (QED) is 0.235. The molecular weight excluding hydrogens is 407 g/mol. The van der Waals surface area contributed by atoms with Gasteiger partial charge in [-0.25, -0.2) is 0 Å². The minimum absolute atomic E-state index is 0.175. The zero-order valence-corrected chi connectivity index (χ0v) is 15.4. The maximum absolute atomic E-state index is 14.1. The van der Waals surface area contributed by atoms with Crippen LogP contribution in [0.5, 0.6) is 0 Å². The summed E-state index contributed by atoms with van der Waals surface area (Å²) in [5.41, 5.74) is 0. The number of hydrogen-bond donors (Lipinski definition) is 1. The molecule has 0 bridgehead atoms. The summed E-state index contributed by atoms with van der Waals surface area (Å²) >= 11 is 0. The first kappa shape index (κ1) is 26.8. The second kappa shape index (κ2) is 10.6. The number of hydrogen-bond acceptors (Lipinski definition) is 1. The Balaban J connectivity index is 5.13. The molecule has 0 aromatic heterocycles. The van der Waals surface area contributed by atoms with E-state index in [1.54, 1.807) is 0 Å². The molecule has 0 fully saturated rings. The van der Waals surface area contributed by atoms with Crippen LogP contribution >= 0.6 is 0 Å². The summed E-state index contributed by atoms with van der Waals surface area (Å²) in [4.78, 5) is 11.0. The van der Waals surface area contributed by atoms with Crippen molar-refractivity contribution in [1.29, 1.82) is 0 Å². The molecule has 1 unspecified atom stereocenters. The Morgan fingerprint density at radius 2 is 1.29 bits per heavy atom. The van der Waals surface area contributed by atoms with E-state index in [1.807, 2.05) is 6.92 Å². The summed E-state index contributed by atoms with van der Waals surface area (Å²) in [6.07, 6.45) is -8.21. The van der Waals surface area contributed by atoms with Gasteiger partial charge in [0.25, 0.3) is 0 Å². The average Bonchev–Trinajstić information content (AvgIpc) is 2.51. The second-order valence-electron chi connectivity index (χ2n) is 6.82. The number of aliphatic carboxylic acids is 1. The standard InChI is InChI=1S/C17H25F9O2/c1-2-3-4-5-6-7-9-12(13(27)28)16(23,24)17(25,26)14(18,19)10-8-11-15(20,21)22/h12H,2-11H2,1H3,(H,27,28). The molecule has 0 saturated heterocycles. The van der Waals surface area contributed by atoms with Crippen molar-refractivity contribution < 1.29 is 49.4 Å². The summed E-state index contributed by atoms with van der Waals surface area (Å²) in [6.45, 7) is 1.91. The topological polar surface area (TPSA) is 37.3 Å². The molecule has 0 aromatic rings. The van der Waals surface area contributed by atoms with Crippen molar-refractivity contribution in [1.82, 2.24) is 0 Å². The van der Waals surface area contributed by atoms with E-state index in [4.69, 9.17) is 5.11 Å². The number of rotatable bonds is 14. The van der Waals surface area contributed by atoms with Gasteiger partial charge >= 0.3 is 29.9 Å². The van der Waals surface area contributed by atoms with Crippen LogP contribution in [0.25, 0.3) is 0 Å². The Morgan fingerprint density at radius 1 is 0.786 bits per heavy atom. The van der Waals surface area contributed by atoms with Gasteiger partial charge in [-0.3, -0.25) is 4.79 Å². The smallest absolute Gasteiger partial charge is 0.389 e. The maximum Gasteiger partial charge on any atom is 0.389 e. The van der Waals surface area contributed by atoms with E-state index >= 15 is 0 Å². The Morgan fingerprint density at radius 3 is 1.75 bits per heavy atom. The Bertz CT molecular complexity index is 476. The molecule has 11 heteroatoms. The minimum Gasteiger partial charge on any atom is -0.481 e. The van der Waals surface area contributed by atoms with Gasteiger partial charge in [-0.05, 0) is 12.8 Å². The van der Waals surface area contributed by atoms with Crippen LogP contribution in [-0.2, 0) is 4.79 Å². The van der Waals surface area contributed by atoms with Gasteiger partial charge in [0.2, 0.25) is 0 Å². The third kappa shape index (κ3) is 7.69. The number of alkyl halides is 9. The van der Waals surface area contributed by atoms with E-state index in [2.05, 4.69) is 0 Å². The van der Waals surface area contributed by atoms with Crippen LogP contribution in [0, 0.1) is 5.92 Å². The van der Waals surface area contributed by atoms with Gasteiger partial charge in [-0.15, -0.1) is 0 Å². The maximum atomic E-state index is 14.1. The molecule has 0 amide bonds. The molecule has 0 aliphatic carbocycles. The number of carboxylic acids is 1. The third-order valence-electron chi connectivity index (χ3n) is 4.41. The molecule has 168 valence electrons. The van der Waals surface area contributed by atoms with Gasteiger partial charge in [0.05, 0.1) is 0 Å². The first-order valence-corrected chi connectivity index (χ1v) is 9.03. The van der Waals surface area contributed by atoms with Crippen LogP contribution in [0.3, 0.4) is 0 Å². The lowest BCUT2D eigenvalue weighted by molar-refractivity contribution is -0.325. The van der Waals surface area contributed by atoms with Crippen LogP contribution in [0.4, 0.5) is 39.5 Å². The highest BCUT2D eigenvalue weighted by atomic mass is 19.4. The molecule has 0 aliphatic rings. The van der Waals surface area contributed by atoms with Gasteiger partial charge in [0.1, 0.15) is 5.92 Å². The lowest BCUT2D eigenvalue weighted by Crippen LogP contribution is -2.58. The van der Waals surface area contributed by atoms with E-state index in [9.17, 15) is 44.3 Å². The van der Waals surface area contributed by atoms with E-state index in [0.29, 0.717) is 6.42 Å². The molecule has 0 aliphatic heterocycles. The van der Waals surface area contributed by atoms with Crippen LogP contribution in [0.15, 0.2) is 0 Å². The molecule has 2 nitrogen and oxygen atoms in total. The largest absolute Gasteiger partial charge is 0.481 e. The summed E-state index contributed by atoms with van der Waals surface area (Å²) in [7, 11) is 0. The van der Waals surface area contributed by atoms with E-state index in [0.717, 1.165) is 19.3 Å². The van der Waals surface area contributed by atoms with Crippen molar-refractivity contribution in [3.05, 3.63) is 0 Å². The molecular formula is C17H25F9O2. The van der Waals surface area contributed by atoms with E-state index < -0.39 is 61.5 Å². The first-order valence-electron chi connectivity index (χ1n) is 9.03. The Kier molecular flexibility index (Phi) is 10.1. The third-order valence-corrected chi connectivity index (χ3v) is 4.41. The zero-order chi connectivity index (χ0) is 22.2. The molecule has 0 heterocycles. The molecule has 0 radical (unpaired) electrons. The second-order valence-corrected chi connectivity index (χ2v) is 6.82. The lowest BCUT2D eigenvalue weighted by atomic mass is 9.86. The molecule has 28 heavy (non-hydrogen) atoms. The number of unbranched alkanes of at least 4 members (excludes halogenated alkanes) is 5. The minimum atomic E-state index is -6.10. The molecule has 0 aromatic carbocycles. The average molecular weight is 432 g/mol. The Labute approximate surface area is 157 Å². The highest BCUT2D eigenvalue weighted by Gasteiger charge is 2.74. The fourth-order valence-electron chi connectivity index (χ4n) is 2.72. The predicted molar refractivity (Wildman–Crippen MR) is 83.9 cm³/mol. The Hall–Kier alpha value is -1.16. The fraction of sp³-hybridized carbons (Fsp3) is 0.941. The predicted octanol–water partition coefficient (Wildman–Crippen LogP) is 7.08. The summed E-state index contributed by atoms with van der Waals surface area (Å²) in [6, 6.07) is 0. The molecule has 0 saturated carbocycles. The van der Waals surface area contributed by atoms with Gasteiger partial charge in [0.15, 0.2) is 0 Å². The number of carbonyl (C=O) groups is 1. The summed E-state index contributed by atoms with van der Waals surface area (Å²) in [5, 5.41) is 8.85. The van der Waals surface area contributed by atoms with Gasteiger partial charge in [-0.2, -0.15) is 39.5 Å². The normalized spacial score (nSPS) is 14.9. The van der Waals surface area contributed by atoms with Crippen LogP contribution in [-0.4, -0.2) is 35.0 Å². The highest BCUT2D eigenvalue weighted by Crippen LogP contribution is 2.52. The van der Waals surface area contributed by atoms with Crippen molar-refractivity contribution in [3.63, 3.8) is 0 Å². The zero-order valence-electron chi connectivity index (χ0n) is 15.4. The molecule has 1 atom stereocenters. The highest BCUT2D eigenvalue weighted by molar-refractivity contribution is 5.71. The van der Waals surface area contributed by atoms with Crippen molar-refractivity contribution in [2.75, 3.05) is 0 Å². The van der Waals surface area contributed by atoms with Gasteiger partial charge in [0, 0.05) is 12.8 Å². The number of carboxylic acid groups (broad SMARTS) is 1. The van der Waals surface area contributed by atoms with E-state index in [1.165, 1.54) is 0 Å². The molecule has 0 spiro atoms. The van der Waals surface area contributed by atoms with Crippen molar-refractivity contribution in [3.8, 4) is 0 Å². The summed E-state index contributed by atoms with van der Waals surface area (Å²) in [5.74, 6) is -22.6. The number of halogens is 9. The van der Waals surface area contributed by atoms with Gasteiger partial charge < -0.3 is 5.11 Å². The summed E-state index contributed by atoms with van der Waals surface area (Å²) < 4.78 is 119. The fourth-order valence-corrected chi connectivity index (χ4v) is 2.72. The monoisotopic (exact) mass is 432 g/mol. The van der Waals surface area contributed by atoms with Crippen molar-refractivity contribution in [2.45, 2.75) is 95.1 Å². The lowest BCUT2D eigenvalue weighted by Gasteiger charge is -2.36. The van der Waals surface area contributed by atoms with Crippen molar-refractivity contribution in [2.24, 2.45) is 5.92 Å². The van der Waals surface area contributed by atoms with Crippen LogP contribution in [0.1, 0.15) is 71.1 Å². The van der Waals surface area contributed by atoms with E-state index in [-0.39, 0.29) is 12.8 Å². The van der Waals surface area contributed by atoms with Crippen LogP contribution < -0.4 is 0 Å². The molecule has 0 rings (SSSR count). The first-order chi connectivity index (χ1) is 12.6. The SMILES string of the molecule is CCCCCCCCC(C(=O)O)C(F)(F)C(F)(F)C(F)(F)CCCC(F)(F)F. The van der Waals surface area contributed by atoms with Gasteiger partial charge in [-0.1, -0.05) is 45.4 Å². The van der Waals surface area contributed by atoms with Crippen LogP contribution in [0.2, 0.25) is 0 Å².